The molecule has 1 aromatic heterocycles. The van der Waals surface area contributed by atoms with Gasteiger partial charge in [0.2, 0.25) is 0 Å². The molecule has 0 radical (unpaired) electrons. The van der Waals surface area contributed by atoms with E-state index in [9.17, 15) is 9.90 Å². The molecule has 1 fully saturated rings. The van der Waals surface area contributed by atoms with Crippen molar-refractivity contribution >= 4 is 5.97 Å². The number of carboxylic acid groups (broad SMARTS) is 1. The fourth-order valence-corrected chi connectivity index (χ4v) is 3.14. The van der Waals surface area contributed by atoms with Crippen LogP contribution >= 0.6 is 0 Å². The van der Waals surface area contributed by atoms with Crippen LogP contribution in [0.4, 0.5) is 0 Å². The maximum Gasteiger partial charge on any atom is 0.314 e. The van der Waals surface area contributed by atoms with Crippen LogP contribution < -0.4 is 0 Å². The molecule has 0 atom stereocenters. The molecule has 0 saturated heterocycles. The van der Waals surface area contributed by atoms with Gasteiger partial charge in [-0.15, -0.1) is 0 Å². The van der Waals surface area contributed by atoms with Gasteiger partial charge in [0, 0.05) is 12.4 Å². The summed E-state index contributed by atoms with van der Waals surface area (Å²) in [4.78, 5) is 11.8. The van der Waals surface area contributed by atoms with E-state index in [1.807, 2.05) is 36.5 Å². The molecule has 0 aliphatic heterocycles. The van der Waals surface area contributed by atoms with Gasteiger partial charge >= 0.3 is 5.97 Å². The number of aliphatic carboxylic acids is 1. The van der Waals surface area contributed by atoms with Crippen molar-refractivity contribution in [1.29, 1.82) is 0 Å². The van der Waals surface area contributed by atoms with Crippen molar-refractivity contribution in [3.63, 3.8) is 0 Å². The van der Waals surface area contributed by atoms with Gasteiger partial charge in [0.15, 0.2) is 0 Å². The molecule has 1 heterocycles. The van der Waals surface area contributed by atoms with E-state index in [-0.39, 0.29) is 0 Å². The molecule has 1 aliphatic carbocycles. The van der Waals surface area contributed by atoms with Crippen molar-refractivity contribution in [3.05, 3.63) is 48.3 Å². The van der Waals surface area contributed by atoms with Crippen LogP contribution in [0.25, 0.3) is 5.69 Å². The molecule has 1 N–H and O–H groups in total. The third kappa shape index (κ3) is 2.11. The summed E-state index contributed by atoms with van der Waals surface area (Å²) in [6, 6.07) is 9.64. The van der Waals surface area contributed by atoms with Crippen molar-refractivity contribution in [3.8, 4) is 5.69 Å². The first-order chi connectivity index (χ1) is 9.72. The Bertz CT molecular complexity index is 581. The first-order valence-corrected chi connectivity index (χ1v) is 7.06. The zero-order valence-corrected chi connectivity index (χ0v) is 11.3. The second-order valence-electron chi connectivity index (χ2n) is 5.45. The average molecular weight is 270 g/mol. The number of hydrogen-bond acceptors (Lipinski definition) is 2. The van der Waals surface area contributed by atoms with Crippen molar-refractivity contribution in [2.45, 2.75) is 37.5 Å². The Morgan fingerprint density at radius 1 is 1.15 bits per heavy atom. The maximum atomic E-state index is 11.8. The Labute approximate surface area is 118 Å². The second kappa shape index (κ2) is 5.12. The van der Waals surface area contributed by atoms with Gasteiger partial charge in [-0.05, 0) is 36.6 Å². The third-order valence-electron chi connectivity index (χ3n) is 4.31. The van der Waals surface area contributed by atoms with Gasteiger partial charge in [-0.25, -0.2) is 4.68 Å². The molecule has 3 rings (SSSR count). The highest BCUT2D eigenvalue weighted by Gasteiger charge is 2.41. The highest BCUT2D eigenvalue weighted by molar-refractivity contribution is 5.81. The highest BCUT2D eigenvalue weighted by Crippen LogP contribution is 2.39. The zero-order valence-electron chi connectivity index (χ0n) is 11.3. The topological polar surface area (TPSA) is 55.1 Å². The molecule has 0 amide bonds. The van der Waals surface area contributed by atoms with E-state index < -0.39 is 11.4 Å². The van der Waals surface area contributed by atoms with E-state index in [4.69, 9.17) is 0 Å². The Morgan fingerprint density at radius 3 is 2.40 bits per heavy atom. The molecule has 0 spiro atoms. The number of hydrogen-bond donors (Lipinski definition) is 1. The van der Waals surface area contributed by atoms with Crippen molar-refractivity contribution in [2.75, 3.05) is 0 Å². The summed E-state index contributed by atoms with van der Waals surface area (Å²) in [6.07, 6.45) is 8.21. The van der Waals surface area contributed by atoms with Crippen LogP contribution in [0, 0.1) is 0 Å². The normalized spacial score (nSPS) is 17.8. The average Bonchev–Trinajstić information content (AvgIpc) is 3.02. The summed E-state index contributed by atoms with van der Waals surface area (Å²) in [5, 5.41) is 13.9. The minimum atomic E-state index is -0.694. The second-order valence-corrected chi connectivity index (χ2v) is 5.45. The van der Waals surface area contributed by atoms with Gasteiger partial charge in [-0.2, -0.15) is 5.10 Å². The third-order valence-corrected chi connectivity index (χ3v) is 4.31. The molecule has 104 valence electrons. The van der Waals surface area contributed by atoms with Crippen LogP contribution in [-0.2, 0) is 10.2 Å². The Hall–Kier alpha value is -2.10. The standard InChI is InChI=1S/C16H18N2O2/c19-15(20)16(9-2-1-3-10-16)13-5-7-14(8-6-13)18-12-4-11-17-18/h4-8,11-12H,1-3,9-10H2,(H,19,20). The Morgan fingerprint density at radius 2 is 1.85 bits per heavy atom. The number of carboxylic acids is 1. The SMILES string of the molecule is O=C(O)C1(c2ccc(-n3cccn3)cc2)CCCCC1. The molecule has 1 aromatic carbocycles. The first-order valence-electron chi connectivity index (χ1n) is 7.06. The molecule has 20 heavy (non-hydrogen) atoms. The lowest BCUT2D eigenvalue weighted by molar-refractivity contribution is -0.145. The summed E-state index contributed by atoms with van der Waals surface area (Å²) in [6.45, 7) is 0. The quantitative estimate of drug-likeness (QED) is 0.932. The van der Waals surface area contributed by atoms with E-state index in [2.05, 4.69) is 5.10 Å². The minimum absolute atomic E-state index is 0.691. The predicted molar refractivity (Wildman–Crippen MR) is 76.0 cm³/mol. The Kier molecular flexibility index (Phi) is 3.30. The van der Waals surface area contributed by atoms with Crippen LogP contribution in [0.2, 0.25) is 0 Å². The molecule has 2 aromatic rings. The first kappa shape index (κ1) is 12.9. The van der Waals surface area contributed by atoms with Crippen molar-refractivity contribution in [1.82, 2.24) is 9.78 Å². The lowest BCUT2D eigenvalue weighted by atomic mass is 9.69. The molecule has 0 bridgehead atoms. The number of rotatable bonds is 3. The fourth-order valence-electron chi connectivity index (χ4n) is 3.14. The lowest BCUT2D eigenvalue weighted by Gasteiger charge is -2.33. The van der Waals surface area contributed by atoms with E-state index in [1.165, 1.54) is 0 Å². The van der Waals surface area contributed by atoms with E-state index in [1.54, 1.807) is 10.9 Å². The van der Waals surface area contributed by atoms with E-state index >= 15 is 0 Å². The smallest absolute Gasteiger partial charge is 0.314 e. The molecular formula is C16H18N2O2. The van der Waals surface area contributed by atoms with Crippen LogP contribution in [0.15, 0.2) is 42.7 Å². The molecule has 1 saturated carbocycles. The van der Waals surface area contributed by atoms with Gasteiger partial charge < -0.3 is 5.11 Å². The largest absolute Gasteiger partial charge is 0.481 e. The summed E-state index contributed by atoms with van der Waals surface area (Å²) in [7, 11) is 0. The fraction of sp³-hybridized carbons (Fsp3) is 0.375. The van der Waals surface area contributed by atoms with E-state index in [0.29, 0.717) is 0 Å². The molecule has 1 aliphatic rings. The van der Waals surface area contributed by atoms with Crippen molar-refractivity contribution < 1.29 is 9.90 Å². The molecule has 0 unspecified atom stereocenters. The minimum Gasteiger partial charge on any atom is -0.481 e. The van der Waals surface area contributed by atoms with Crippen LogP contribution in [0.5, 0.6) is 0 Å². The lowest BCUT2D eigenvalue weighted by Crippen LogP contribution is -2.37. The summed E-state index contributed by atoms with van der Waals surface area (Å²) in [5.74, 6) is -0.691. The van der Waals surface area contributed by atoms with Crippen LogP contribution in [0.1, 0.15) is 37.7 Å². The van der Waals surface area contributed by atoms with Gasteiger partial charge in [0.25, 0.3) is 0 Å². The van der Waals surface area contributed by atoms with Gasteiger partial charge in [0.1, 0.15) is 0 Å². The Balaban J connectivity index is 1.94. The maximum absolute atomic E-state index is 11.8. The predicted octanol–water partition coefficient (Wildman–Crippen LogP) is 3.16. The summed E-state index contributed by atoms with van der Waals surface area (Å²) >= 11 is 0. The number of nitrogens with zero attached hydrogens (tertiary/aromatic N) is 2. The van der Waals surface area contributed by atoms with Crippen molar-refractivity contribution in [2.24, 2.45) is 0 Å². The number of carbonyl (C=O) groups is 1. The van der Waals surface area contributed by atoms with Gasteiger partial charge in [-0.3, -0.25) is 4.79 Å². The van der Waals surface area contributed by atoms with Gasteiger partial charge in [-0.1, -0.05) is 31.4 Å². The molecular weight excluding hydrogens is 252 g/mol. The molecule has 4 nitrogen and oxygen atoms in total. The number of aromatic nitrogens is 2. The van der Waals surface area contributed by atoms with E-state index in [0.717, 1.165) is 43.4 Å². The monoisotopic (exact) mass is 270 g/mol. The molecule has 4 heteroatoms. The summed E-state index contributed by atoms with van der Waals surface area (Å²) in [5.41, 5.74) is 1.18. The summed E-state index contributed by atoms with van der Waals surface area (Å²) < 4.78 is 1.78. The highest BCUT2D eigenvalue weighted by atomic mass is 16.4. The van der Waals surface area contributed by atoms with Gasteiger partial charge in [0.05, 0.1) is 11.1 Å². The zero-order chi connectivity index (χ0) is 14.0. The number of benzene rings is 1. The van der Waals surface area contributed by atoms with Crippen LogP contribution in [0.3, 0.4) is 0 Å². The van der Waals surface area contributed by atoms with Crippen LogP contribution in [-0.4, -0.2) is 20.9 Å².